The zero-order valence-electron chi connectivity index (χ0n) is 9.44. The normalized spacial score (nSPS) is 16.7. The molecule has 0 atom stereocenters. The van der Waals surface area contributed by atoms with Crippen molar-refractivity contribution >= 4 is 17.6 Å². The van der Waals surface area contributed by atoms with Crippen LogP contribution in [0.1, 0.15) is 29.6 Å². The average Bonchev–Trinajstić information content (AvgIpc) is 2.22. The molecule has 0 aromatic heterocycles. The predicted molar refractivity (Wildman–Crippen MR) is 61.2 cm³/mol. The van der Waals surface area contributed by atoms with E-state index in [2.05, 4.69) is 5.32 Å². The van der Waals surface area contributed by atoms with Gasteiger partial charge in [0.25, 0.3) is 0 Å². The second-order valence-electron chi connectivity index (χ2n) is 4.37. The summed E-state index contributed by atoms with van der Waals surface area (Å²) >= 11 is 0. The number of halogens is 1. The van der Waals surface area contributed by atoms with Gasteiger partial charge in [-0.05, 0) is 37.5 Å². The second kappa shape index (κ2) is 4.29. The van der Waals surface area contributed by atoms with Gasteiger partial charge in [0.1, 0.15) is 11.4 Å². The summed E-state index contributed by atoms with van der Waals surface area (Å²) in [4.78, 5) is 21.8. The van der Waals surface area contributed by atoms with Crippen LogP contribution in [0.5, 0.6) is 0 Å². The number of carbonyl (C=O) groups is 2. The molecule has 0 aliphatic heterocycles. The summed E-state index contributed by atoms with van der Waals surface area (Å²) in [6.45, 7) is 0. The average molecular weight is 253 g/mol. The third-order valence-corrected chi connectivity index (χ3v) is 3.20. The van der Waals surface area contributed by atoms with E-state index in [-0.39, 0.29) is 5.69 Å². The summed E-state index contributed by atoms with van der Waals surface area (Å²) in [5.74, 6) is -3.21. The summed E-state index contributed by atoms with van der Waals surface area (Å²) in [7, 11) is 0. The molecule has 0 radical (unpaired) electrons. The minimum atomic E-state index is -1.35. The standard InChI is InChI=1S/C12H12FNO4/c13-9-6-7(2-3-8(9)10(15)16)14-12(11(17)18)4-1-5-12/h2-3,6,14H,1,4-5H2,(H,15,16)(H,17,18). The van der Waals surface area contributed by atoms with Gasteiger partial charge in [0.05, 0.1) is 5.56 Å². The highest BCUT2D eigenvalue weighted by Crippen LogP contribution is 2.35. The van der Waals surface area contributed by atoms with Gasteiger partial charge in [-0.3, -0.25) is 0 Å². The van der Waals surface area contributed by atoms with Gasteiger partial charge >= 0.3 is 11.9 Å². The number of benzene rings is 1. The number of hydrogen-bond acceptors (Lipinski definition) is 3. The number of hydrogen-bond donors (Lipinski definition) is 3. The van der Waals surface area contributed by atoms with Gasteiger partial charge in [-0.15, -0.1) is 0 Å². The van der Waals surface area contributed by atoms with Gasteiger partial charge in [-0.1, -0.05) is 0 Å². The fourth-order valence-corrected chi connectivity index (χ4v) is 1.97. The quantitative estimate of drug-likeness (QED) is 0.763. The van der Waals surface area contributed by atoms with Crippen LogP contribution in [-0.2, 0) is 4.79 Å². The highest BCUT2D eigenvalue weighted by Gasteiger charge is 2.44. The van der Waals surface area contributed by atoms with Crippen molar-refractivity contribution in [2.24, 2.45) is 0 Å². The Morgan fingerprint density at radius 2 is 1.94 bits per heavy atom. The Kier molecular flexibility index (Phi) is 2.94. The maximum absolute atomic E-state index is 13.4. The zero-order chi connectivity index (χ0) is 13.3. The van der Waals surface area contributed by atoms with Gasteiger partial charge in [0.2, 0.25) is 0 Å². The number of rotatable bonds is 4. The van der Waals surface area contributed by atoms with Crippen molar-refractivity contribution in [1.29, 1.82) is 0 Å². The monoisotopic (exact) mass is 253 g/mol. The van der Waals surface area contributed by atoms with E-state index in [1.54, 1.807) is 0 Å². The van der Waals surface area contributed by atoms with Crippen LogP contribution in [0.2, 0.25) is 0 Å². The van der Waals surface area contributed by atoms with Crippen LogP contribution >= 0.6 is 0 Å². The first kappa shape index (κ1) is 12.3. The molecule has 6 heteroatoms. The maximum atomic E-state index is 13.4. The van der Waals surface area contributed by atoms with E-state index in [9.17, 15) is 14.0 Å². The lowest BCUT2D eigenvalue weighted by Gasteiger charge is -2.39. The first-order valence-corrected chi connectivity index (χ1v) is 5.49. The van der Waals surface area contributed by atoms with Crippen molar-refractivity contribution in [1.82, 2.24) is 0 Å². The number of aliphatic carboxylic acids is 1. The van der Waals surface area contributed by atoms with Gasteiger partial charge in [-0.2, -0.15) is 0 Å². The van der Waals surface area contributed by atoms with Crippen LogP contribution in [0.15, 0.2) is 18.2 Å². The zero-order valence-corrected chi connectivity index (χ0v) is 9.44. The molecule has 0 spiro atoms. The van der Waals surface area contributed by atoms with Crippen LogP contribution < -0.4 is 5.32 Å². The number of nitrogens with one attached hydrogen (secondary N) is 1. The van der Waals surface area contributed by atoms with E-state index in [4.69, 9.17) is 10.2 Å². The third kappa shape index (κ3) is 2.01. The Morgan fingerprint density at radius 3 is 2.33 bits per heavy atom. The Balaban J connectivity index is 2.23. The van der Waals surface area contributed by atoms with Crippen molar-refractivity contribution in [2.45, 2.75) is 24.8 Å². The molecule has 1 aromatic rings. The van der Waals surface area contributed by atoms with E-state index < -0.39 is 28.9 Å². The van der Waals surface area contributed by atoms with E-state index in [0.29, 0.717) is 12.8 Å². The largest absolute Gasteiger partial charge is 0.480 e. The van der Waals surface area contributed by atoms with Gasteiger partial charge < -0.3 is 15.5 Å². The second-order valence-corrected chi connectivity index (χ2v) is 4.37. The van der Waals surface area contributed by atoms with Crippen molar-refractivity contribution in [3.8, 4) is 0 Å². The molecule has 1 aromatic carbocycles. The van der Waals surface area contributed by atoms with Crippen LogP contribution in [0.4, 0.5) is 10.1 Å². The highest BCUT2D eigenvalue weighted by molar-refractivity contribution is 5.89. The molecule has 0 saturated heterocycles. The molecule has 0 amide bonds. The fourth-order valence-electron chi connectivity index (χ4n) is 1.97. The molecule has 18 heavy (non-hydrogen) atoms. The fraction of sp³-hybridized carbons (Fsp3) is 0.333. The lowest BCUT2D eigenvalue weighted by atomic mass is 9.76. The van der Waals surface area contributed by atoms with Crippen molar-refractivity contribution < 1.29 is 24.2 Å². The topological polar surface area (TPSA) is 86.6 Å². The summed E-state index contributed by atoms with van der Waals surface area (Å²) in [6.07, 6.45) is 1.75. The molecule has 3 N–H and O–H groups in total. The van der Waals surface area contributed by atoms with Gasteiger partial charge in [0.15, 0.2) is 0 Å². The smallest absolute Gasteiger partial charge is 0.338 e. The first-order valence-electron chi connectivity index (χ1n) is 5.49. The summed E-state index contributed by atoms with van der Waals surface area (Å²) < 4.78 is 13.4. The minimum absolute atomic E-state index is 0.277. The molecule has 96 valence electrons. The molecule has 0 unspecified atom stereocenters. The number of anilines is 1. The molecule has 0 bridgehead atoms. The minimum Gasteiger partial charge on any atom is -0.480 e. The molecule has 1 fully saturated rings. The van der Waals surface area contributed by atoms with E-state index >= 15 is 0 Å². The van der Waals surface area contributed by atoms with E-state index in [1.165, 1.54) is 6.07 Å². The lowest BCUT2D eigenvalue weighted by molar-refractivity contribution is -0.145. The molecule has 1 aliphatic rings. The Labute approximate surface area is 102 Å². The molecule has 1 aliphatic carbocycles. The molecule has 0 heterocycles. The van der Waals surface area contributed by atoms with Crippen molar-refractivity contribution in [3.63, 3.8) is 0 Å². The van der Waals surface area contributed by atoms with E-state index in [1.807, 2.05) is 0 Å². The summed E-state index contributed by atoms with van der Waals surface area (Å²) in [6, 6.07) is 3.50. The predicted octanol–water partition coefficient (Wildman–Crippen LogP) is 1.94. The Bertz CT molecular complexity index is 511. The van der Waals surface area contributed by atoms with Crippen molar-refractivity contribution in [2.75, 3.05) is 5.32 Å². The van der Waals surface area contributed by atoms with Gasteiger partial charge in [0, 0.05) is 5.69 Å². The van der Waals surface area contributed by atoms with Crippen LogP contribution in [-0.4, -0.2) is 27.7 Å². The molecule has 1 saturated carbocycles. The first-order chi connectivity index (χ1) is 8.44. The number of carboxylic acids is 2. The van der Waals surface area contributed by atoms with E-state index in [0.717, 1.165) is 18.6 Å². The van der Waals surface area contributed by atoms with Gasteiger partial charge in [-0.25, -0.2) is 14.0 Å². The number of carboxylic acid groups (broad SMARTS) is 2. The molecular formula is C12H12FNO4. The Hall–Kier alpha value is -2.11. The van der Waals surface area contributed by atoms with Crippen LogP contribution in [0.25, 0.3) is 0 Å². The molecule has 5 nitrogen and oxygen atoms in total. The Morgan fingerprint density at radius 1 is 1.28 bits per heavy atom. The number of aromatic carboxylic acids is 1. The maximum Gasteiger partial charge on any atom is 0.338 e. The third-order valence-electron chi connectivity index (χ3n) is 3.20. The SMILES string of the molecule is O=C(O)c1ccc(NC2(C(=O)O)CCC2)cc1F. The molecular weight excluding hydrogens is 241 g/mol. The summed E-state index contributed by atoms with van der Waals surface area (Å²) in [5.41, 5.74) is -1.20. The molecule has 2 rings (SSSR count). The highest BCUT2D eigenvalue weighted by atomic mass is 19.1. The van der Waals surface area contributed by atoms with Crippen LogP contribution in [0.3, 0.4) is 0 Å². The van der Waals surface area contributed by atoms with Crippen LogP contribution in [0, 0.1) is 5.82 Å². The van der Waals surface area contributed by atoms with Crippen molar-refractivity contribution in [3.05, 3.63) is 29.6 Å². The summed E-state index contributed by atoms with van der Waals surface area (Å²) in [5, 5.41) is 20.6. The lowest BCUT2D eigenvalue weighted by Crippen LogP contribution is -2.52.